The molecular weight excluding hydrogens is 572 g/mol. The normalized spacial score (nSPS) is 11.2. The number of benzene rings is 4. The highest BCUT2D eigenvalue weighted by atomic mass is 16.5. The van der Waals surface area contributed by atoms with E-state index in [1.807, 2.05) is 48.8 Å². The van der Waals surface area contributed by atoms with Crippen molar-refractivity contribution in [3.05, 3.63) is 144 Å². The monoisotopic (exact) mass is 612 g/mol. The number of H-pyrrole nitrogens is 2. The lowest BCUT2D eigenvalue weighted by Gasteiger charge is -2.06. The van der Waals surface area contributed by atoms with Gasteiger partial charge in [0.1, 0.15) is 11.6 Å². The highest BCUT2D eigenvalue weighted by Crippen LogP contribution is 2.26. The summed E-state index contributed by atoms with van der Waals surface area (Å²) in [6.07, 6.45) is 3.78. The van der Waals surface area contributed by atoms with Gasteiger partial charge in [0.05, 0.1) is 63.3 Å². The number of aromatic nitrogens is 4. The van der Waals surface area contributed by atoms with Crippen LogP contribution < -0.4 is 10.6 Å². The van der Waals surface area contributed by atoms with E-state index in [9.17, 15) is 0 Å². The van der Waals surface area contributed by atoms with Crippen LogP contribution in [0.25, 0.3) is 33.6 Å². The lowest BCUT2D eigenvalue weighted by atomic mass is 10.0. The summed E-state index contributed by atoms with van der Waals surface area (Å²) in [7, 11) is 0. The summed E-state index contributed by atoms with van der Waals surface area (Å²) in [5.41, 5.74) is 8.91. The van der Waals surface area contributed by atoms with Crippen molar-refractivity contribution < 1.29 is 9.47 Å². The van der Waals surface area contributed by atoms with Gasteiger partial charge in [-0.15, -0.1) is 0 Å². The molecule has 0 saturated carbocycles. The van der Waals surface area contributed by atoms with Gasteiger partial charge in [-0.25, -0.2) is 9.97 Å². The molecule has 0 bridgehead atoms. The Morgan fingerprint density at radius 2 is 0.870 bits per heavy atom. The van der Waals surface area contributed by atoms with Crippen LogP contribution in [0.5, 0.6) is 0 Å². The highest BCUT2D eigenvalue weighted by Gasteiger charge is 2.07. The van der Waals surface area contributed by atoms with Crippen molar-refractivity contribution in [2.24, 2.45) is 0 Å². The molecule has 0 radical (unpaired) electrons. The summed E-state index contributed by atoms with van der Waals surface area (Å²) in [5.74, 6) is 1.81. The summed E-state index contributed by atoms with van der Waals surface area (Å²) < 4.78 is 11.5. The molecule has 6 aromatic rings. The Kier molecular flexibility index (Phi) is 11.1. The van der Waals surface area contributed by atoms with Gasteiger partial charge in [-0.2, -0.15) is 0 Å². The van der Waals surface area contributed by atoms with Crippen molar-refractivity contribution in [3.8, 4) is 33.6 Å². The number of nitrogens with zero attached hydrogens (tertiary/aromatic N) is 2. The Morgan fingerprint density at radius 1 is 0.478 bits per heavy atom. The smallest absolute Gasteiger partial charge is 0.120 e. The van der Waals surface area contributed by atoms with Crippen LogP contribution in [0.1, 0.15) is 22.8 Å². The molecule has 8 nitrogen and oxygen atoms in total. The molecule has 0 aliphatic heterocycles. The topological polar surface area (TPSA) is 99.9 Å². The van der Waals surface area contributed by atoms with Crippen LogP contribution in [0.4, 0.5) is 0 Å². The molecule has 46 heavy (non-hydrogen) atoms. The molecule has 0 fully saturated rings. The van der Waals surface area contributed by atoms with Crippen molar-refractivity contribution in [3.63, 3.8) is 0 Å². The summed E-state index contributed by atoms with van der Waals surface area (Å²) in [6, 6.07) is 37.6. The van der Waals surface area contributed by atoms with Crippen LogP contribution in [-0.2, 0) is 35.8 Å². The molecule has 0 aliphatic rings. The minimum absolute atomic E-state index is 0.629. The van der Waals surface area contributed by atoms with E-state index < -0.39 is 0 Å². The molecule has 0 amide bonds. The predicted octanol–water partition coefficient (Wildman–Crippen LogP) is 6.75. The molecular formula is C38H40N6O2. The van der Waals surface area contributed by atoms with Crippen LogP contribution >= 0.6 is 0 Å². The van der Waals surface area contributed by atoms with E-state index in [1.165, 1.54) is 11.1 Å². The van der Waals surface area contributed by atoms with Crippen molar-refractivity contribution >= 4 is 0 Å². The average molecular weight is 613 g/mol. The van der Waals surface area contributed by atoms with Crippen LogP contribution in [-0.4, -0.2) is 46.2 Å². The number of hydrogen-bond donors (Lipinski definition) is 4. The summed E-state index contributed by atoms with van der Waals surface area (Å²) in [5, 5.41) is 6.78. The predicted molar refractivity (Wildman–Crippen MR) is 183 cm³/mol. The Bertz CT molecular complexity index is 1600. The van der Waals surface area contributed by atoms with Crippen LogP contribution in [0.2, 0.25) is 0 Å². The van der Waals surface area contributed by atoms with E-state index in [0.717, 1.165) is 58.4 Å². The van der Waals surface area contributed by atoms with Crippen molar-refractivity contribution in [1.29, 1.82) is 0 Å². The number of ether oxygens (including phenoxy) is 2. The summed E-state index contributed by atoms with van der Waals surface area (Å²) in [6.45, 7) is 5.42. The first-order valence-corrected chi connectivity index (χ1v) is 15.7. The van der Waals surface area contributed by atoms with E-state index in [1.54, 1.807) is 0 Å². The van der Waals surface area contributed by atoms with E-state index in [0.29, 0.717) is 39.5 Å². The van der Waals surface area contributed by atoms with Gasteiger partial charge in [-0.05, 0) is 33.4 Å². The third-order valence-corrected chi connectivity index (χ3v) is 7.64. The molecule has 6 rings (SSSR count). The molecule has 8 heteroatoms. The average Bonchev–Trinajstić information content (AvgIpc) is 3.79. The highest BCUT2D eigenvalue weighted by molar-refractivity contribution is 5.71. The molecule has 0 saturated heterocycles. The summed E-state index contributed by atoms with van der Waals surface area (Å²) >= 11 is 0. The summed E-state index contributed by atoms with van der Waals surface area (Å²) in [4.78, 5) is 15.9. The number of rotatable bonds is 17. The molecule has 2 heterocycles. The van der Waals surface area contributed by atoms with Gasteiger partial charge in [0.15, 0.2) is 0 Å². The molecule has 0 aliphatic carbocycles. The Morgan fingerprint density at radius 3 is 1.28 bits per heavy atom. The fraction of sp³-hybridized carbons (Fsp3) is 0.211. The quantitative estimate of drug-likeness (QED) is 0.0851. The first-order chi connectivity index (χ1) is 22.8. The van der Waals surface area contributed by atoms with E-state index in [-0.39, 0.29) is 0 Å². The van der Waals surface area contributed by atoms with Gasteiger partial charge < -0.3 is 30.1 Å². The van der Waals surface area contributed by atoms with Gasteiger partial charge in [0.2, 0.25) is 0 Å². The molecule has 0 atom stereocenters. The van der Waals surface area contributed by atoms with Gasteiger partial charge in [0, 0.05) is 13.1 Å². The minimum atomic E-state index is 0.629. The molecule has 0 spiro atoms. The van der Waals surface area contributed by atoms with Gasteiger partial charge in [0.25, 0.3) is 0 Å². The maximum absolute atomic E-state index is 5.74. The van der Waals surface area contributed by atoms with Crippen LogP contribution in [0.3, 0.4) is 0 Å². The largest absolute Gasteiger partial charge is 0.375 e. The van der Waals surface area contributed by atoms with Gasteiger partial charge in [-0.3, -0.25) is 0 Å². The number of imidazole rings is 2. The molecule has 0 unspecified atom stereocenters. The van der Waals surface area contributed by atoms with Crippen molar-refractivity contribution in [2.45, 2.75) is 26.3 Å². The SMILES string of the molecule is c1ccc(COCCNCc2ncc(-c3ccc(-c4ccc(-c5cnc(CNCCOCc6ccccc6)[nH]5)cc4)cc3)[nH]2)cc1. The van der Waals surface area contributed by atoms with Crippen molar-refractivity contribution in [1.82, 2.24) is 30.6 Å². The maximum atomic E-state index is 5.74. The zero-order chi connectivity index (χ0) is 31.2. The van der Waals surface area contributed by atoms with Gasteiger partial charge in [-0.1, -0.05) is 109 Å². The third kappa shape index (κ3) is 9.09. The lowest BCUT2D eigenvalue weighted by molar-refractivity contribution is 0.122. The molecule has 4 N–H and O–H groups in total. The molecule has 234 valence electrons. The van der Waals surface area contributed by atoms with E-state index in [4.69, 9.17) is 9.47 Å². The Balaban J connectivity index is 0.920. The van der Waals surface area contributed by atoms with Crippen LogP contribution in [0, 0.1) is 0 Å². The van der Waals surface area contributed by atoms with Crippen molar-refractivity contribution in [2.75, 3.05) is 26.3 Å². The minimum Gasteiger partial charge on any atom is -0.375 e. The molecule has 4 aromatic carbocycles. The number of aromatic amines is 2. The lowest BCUT2D eigenvalue weighted by Crippen LogP contribution is -2.19. The fourth-order valence-corrected chi connectivity index (χ4v) is 5.11. The molecule has 2 aromatic heterocycles. The Labute approximate surface area is 270 Å². The zero-order valence-electron chi connectivity index (χ0n) is 25.9. The van der Waals surface area contributed by atoms with Crippen LogP contribution in [0.15, 0.2) is 122 Å². The second kappa shape index (κ2) is 16.5. The maximum Gasteiger partial charge on any atom is 0.120 e. The van der Waals surface area contributed by atoms with E-state index >= 15 is 0 Å². The van der Waals surface area contributed by atoms with Gasteiger partial charge >= 0.3 is 0 Å². The number of hydrogen-bond acceptors (Lipinski definition) is 6. The third-order valence-electron chi connectivity index (χ3n) is 7.64. The fourth-order valence-electron chi connectivity index (χ4n) is 5.11. The second-order valence-electron chi connectivity index (χ2n) is 11.1. The first kappa shape index (κ1) is 31.1. The first-order valence-electron chi connectivity index (χ1n) is 15.7. The number of nitrogens with one attached hydrogen (secondary N) is 4. The second-order valence-corrected chi connectivity index (χ2v) is 11.1. The standard InChI is InChI=1S/C38H40N6O2/c1-3-7-29(8-4-1)27-45-21-19-39-25-37-41-23-35(43-37)33-15-11-31(12-16-33)32-13-17-34(18-14-32)36-24-42-38(44-36)26-40-20-22-46-28-30-9-5-2-6-10-30/h1-18,23-24,39-40H,19-22,25-28H2,(H,41,43)(H,42,44). The Hall–Kier alpha value is -4.86. The van der Waals surface area contributed by atoms with E-state index in [2.05, 4.69) is 103 Å². The zero-order valence-corrected chi connectivity index (χ0v) is 25.9.